The molecule has 0 saturated carbocycles. The zero-order valence-corrected chi connectivity index (χ0v) is 10.5. The number of unbranched alkanes of at least 4 members (excludes halogenated alkanes) is 3. The smallest absolute Gasteiger partial charge is 0.166 e. The van der Waals surface area contributed by atoms with Crippen molar-refractivity contribution >= 4 is 11.6 Å². The van der Waals surface area contributed by atoms with Gasteiger partial charge in [0.15, 0.2) is 0 Å². The van der Waals surface area contributed by atoms with Gasteiger partial charge in [0.25, 0.3) is 0 Å². The van der Waals surface area contributed by atoms with Gasteiger partial charge in [0.05, 0.1) is 10.6 Å². The minimum atomic E-state index is -4.36. The van der Waals surface area contributed by atoms with Crippen molar-refractivity contribution in [2.45, 2.75) is 45.2 Å². The number of aryl methyl sites for hydroxylation is 1. The van der Waals surface area contributed by atoms with Crippen LogP contribution < -0.4 is 0 Å². The van der Waals surface area contributed by atoms with E-state index >= 15 is 0 Å². The van der Waals surface area contributed by atoms with Crippen molar-refractivity contribution in [2.24, 2.45) is 0 Å². The van der Waals surface area contributed by atoms with Crippen molar-refractivity contribution in [3.8, 4) is 0 Å². The van der Waals surface area contributed by atoms with E-state index in [1.54, 1.807) is 6.07 Å². The summed E-state index contributed by atoms with van der Waals surface area (Å²) in [5, 5.41) is -0.142. The van der Waals surface area contributed by atoms with Crippen LogP contribution in [0, 0.1) is 0 Å². The lowest BCUT2D eigenvalue weighted by Crippen LogP contribution is -2.07. The number of hydrogen-bond acceptors (Lipinski definition) is 0. The molecule has 17 heavy (non-hydrogen) atoms. The summed E-state index contributed by atoms with van der Waals surface area (Å²) in [6.07, 6.45) is 0.379. The summed E-state index contributed by atoms with van der Waals surface area (Å²) in [4.78, 5) is 0. The molecule has 0 radical (unpaired) electrons. The van der Waals surface area contributed by atoms with Crippen LogP contribution in [-0.2, 0) is 12.6 Å². The van der Waals surface area contributed by atoms with E-state index in [2.05, 4.69) is 6.92 Å². The molecule has 0 saturated heterocycles. The molecule has 1 rings (SSSR count). The van der Waals surface area contributed by atoms with E-state index in [1.807, 2.05) is 0 Å². The van der Waals surface area contributed by atoms with Crippen LogP contribution in [0.2, 0.25) is 5.02 Å². The largest absolute Gasteiger partial charge is 0.417 e. The van der Waals surface area contributed by atoms with Gasteiger partial charge in [-0.2, -0.15) is 13.2 Å². The van der Waals surface area contributed by atoms with E-state index in [1.165, 1.54) is 6.07 Å². The van der Waals surface area contributed by atoms with Gasteiger partial charge in [-0.05, 0) is 24.5 Å². The molecule has 0 bridgehead atoms. The zero-order chi connectivity index (χ0) is 12.9. The first kappa shape index (κ1) is 14.4. The average Bonchev–Trinajstić information content (AvgIpc) is 2.25. The molecule has 0 N–H and O–H groups in total. The Bertz CT molecular complexity index is 358. The molecule has 4 heteroatoms. The van der Waals surface area contributed by atoms with Crippen molar-refractivity contribution < 1.29 is 13.2 Å². The zero-order valence-electron chi connectivity index (χ0n) is 9.78. The molecule has 0 aromatic heterocycles. The predicted octanol–water partition coefficient (Wildman–Crippen LogP) is 5.48. The van der Waals surface area contributed by atoms with E-state index in [9.17, 15) is 13.2 Å². The lowest BCUT2D eigenvalue weighted by atomic mass is 10.0. The predicted molar refractivity (Wildman–Crippen MR) is 64.3 cm³/mol. The van der Waals surface area contributed by atoms with Gasteiger partial charge in [0, 0.05) is 0 Å². The van der Waals surface area contributed by atoms with Crippen molar-refractivity contribution in [2.75, 3.05) is 0 Å². The fourth-order valence-corrected chi connectivity index (χ4v) is 2.06. The molecular formula is C13H16ClF3. The Morgan fingerprint density at radius 3 is 2.41 bits per heavy atom. The number of alkyl halides is 3. The molecule has 1 aromatic carbocycles. The van der Waals surface area contributed by atoms with Crippen LogP contribution >= 0.6 is 11.6 Å². The Hall–Kier alpha value is -0.700. The summed E-state index contributed by atoms with van der Waals surface area (Å²) < 4.78 is 37.8. The van der Waals surface area contributed by atoms with Gasteiger partial charge >= 0.3 is 6.18 Å². The molecule has 0 spiro atoms. The van der Waals surface area contributed by atoms with Gasteiger partial charge in [-0.3, -0.25) is 0 Å². The molecular weight excluding hydrogens is 249 g/mol. The summed E-state index contributed by atoms with van der Waals surface area (Å²) in [5.41, 5.74) is -0.134. The number of hydrogen-bond donors (Lipinski definition) is 0. The van der Waals surface area contributed by atoms with E-state index in [-0.39, 0.29) is 5.02 Å². The molecule has 0 fully saturated rings. The number of rotatable bonds is 5. The molecule has 0 atom stereocenters. The normalized spacial score (nSPS) is 11.8. The first-order chi connectivity index (χ1) is 7.96. The number of halogens is 4. The maximum absolute atomic E-state index is 12.6. The Labute approximate surface area is 105 Å². The van der Waals surface area contributed by atoms with Gasteiger partial charge < -0.3 is 0 Å². The van der Waals surface area contributed by atoms with Crippen LogP contribution in [0.1, 0.15) is 43.7 Å². The van der Waals surface area contributed by atoms with Crippen molar-refractivity contribution in [3.05, 3.63) is 34.3 Å². The minimum absolute atomic E-state index is 0.142. The highest BCUT2D eigenvalue weighted by Crippen LogP contribution is 2.36. The summed E-state index contributed by atoms with van der Waals surface area (Å²) in [5.74, 6) is 0. The van der Waals surface area contributed by atoms with Crippen LogP contribution in [0.25, 0.3) is 0 Å². The fraction of sp³-hybridized carbons (Fsp3) is 0.538. The van der Waals surface area contributed by atoms with Crippen LogP contribution in [0.4, 0.5) is 13.2 Å². The third kappa shape index (κ3) is 4.23. The van der Waals surface area contributed by atoms with E-state index in [0.717, 1.165) is 31.7 Å². The van der Waals surface area contributed by atoms with Gasteiger partial charge in [-0.1, -0.05) is 49.9 Å². The second-order valence-electron chi connectivity index (χ2n) is 4.09. The fourth-order valence-electron chi connectivity index (χ4n) is 1.73. The standard InChI is InChI=1S/C13H16ClF3/c1-2-3-4-5-7-10-8-6-9-11(12(10)14)13(15,16)17/h6,8-9H,2-5,7H2,1H3. The topological polar surface area (TPSA) is 0 Å². The SMILES string of the molecule is CCCCCCc1cccc(C(F)(F)F)c1Cl. The van der Waals surface area contributed by atoms with Gasteiger partial charge in [-0.25, -0.2) is 0 Å². The van der Waals surface area contributed by atoms with Crippen LogP contribution in [-0.4, -0.2) is 0 Å². The highest BCUT2D eigenvalue weighted by atomic mass is 35.5. The lowest BCUT2D eigenvalue weighted by molar-refractivity contribution is -0.137. The van der Waals surface area contributed by atoms with Crippen LogP contribution in [0.15, 0.2) is 18.2 Å². The lowest BCUT2D eigenvalue weighted by Gasteiger charge is -2.12. The van der Waals surface area contributed by atoms with Crippen molar-refractivity contribution in [1.29, 1.82) is 0 Å². The van der Waals surface area contributed by atoms with Crippen molar-refractivity contribution in [1.82, 2.24) is 0 Å². The highest BCUT2D eigenvalue weighted by molar-refractivity contribution is 6.32. The van der Waals surface area contributed by atoms with Crippen LogP contribution in [0.5, 0.6) is 0 Å². The molecule has 0 heterocycles. The maximum Gasteiger partial charge on any atom is 0.417 e. The van der Waals surface area contributed by atoms with E-state index in [0.29, 0.717) is 12.0 Å². The third-order valence-electron chi connectivity index (χ3n) is 2.68. The molecule has 96 valence electrons. The Morgan fingerprint density at radius 1 is 1.12 bits per heavy atom. The highest BCUT2D eigenvalue weighted by Gasteiger charge is 2.33. The maximum atomic E-state index is 12.6. The van der Waals surface area contributed by atoms with Gasteiger partial charge in [0.2, 0.25) is 0 Å². The summed E-state index contributed by atoms with van der Waals surface area (Å²) in [6, 6.07) is 4.12. The molecule has 0 aliphatic rings. The van der Waals surface area contributed by atoms with E-state index in [4.69, 9.17) is 11.6 Å². The molecule has 1 aromatic rings. The quantitative estimate of drug-likeness (QED) is 0.618. The van der Waals surface area contributed by atoms with Gasteiger partial charge in [-0.15, -0.1) is 0 Å². The van der Waals surface area contributed by atoms with E-state index < -0.39 is 11.7 Å². The van der Waals surface area contributed by atoms with Crippen LogP contribution in [0.3, 0.4) is 0 Å². The third-order valence-corrected chi connectivity index (χ3v) is 3.13. The average molecular weight is 265 g/mol. The molecule has 0 amide bonds. The molecule has 0 nitrogen and oxygen atoms in total. The Morgan fingerprint density at radius 2 is 1.82 bits per heavy atom. The molecule has 0 aliphatic carbocycles. The summed E-state index contributed by atoms with van der Waals surface area (Å²) in [7, 11) is 0. The van der Waals surface area contributed by atoms with Crippen molar-refractivity contribution in [3.63, 3.8) is 0 Å². The van der Waals surface area contributed by atoms with Gasteiger partial charge in [0.1, 0.15) is 0 Å². The molecule has 0 unspecified atom stereocenters. The Kier molecular flexibility index (Phi) is 5.31. The first-order valence-electron chi connectivity index (χ1n) is 5.81. The number of benzene rings is 1. The summed E-state index contributed by atoms with van der Waals surface area (Å²) >= 11 is 5.79. The summed E-state index contributed by atoms with van der Waals surface area (Å²) in [6.45, 7) is 2.09. The molecule has 0 aliphatic heterocycles. The monoisotopic (exact) mass is 264 g/mol. The second-order valence-corrected chi connectivity index (χ2v) is 4.47. The first-order valence-corrected chi connectivity index (χ1v) is 6.19. The Balaban J connectivity index is 2.74. The second kappa shape index (κ2) is 6.29. The minimum Gasteiger partial charge on any atom is -0.166 e.